The minimum Gasteiger partial charge on any atom is -0.437 e. The van der Waals surface area contributed by atoms with Gasteiger partial charge in [0.1, 0.15) is 11.6 Å². The van der Waals surface area contributed by atoms with E-state index in [1.807, 2.05) is 6.92 Å². The SMILES string of the molecule is CCNc1cncc(Oc2cc(C)c([N+](=O)[O-])cc2C)n1. The smallest absolute Gasteiger partial charge is 0.272 e. The molecule has 1 aromatic carbocycles. The lowest BCUT2D eigenvalue weighted by Gasteiger charge is -2.10. The molecule has 7 heteroatoms. The minimum atomic E-state index is -0.405. The summed E-state index contributed by atoms with van der Waals surface area (Å²) in [5.74, 6) is 1.48. The molecule has 2 rings (SSSR count). The molecule has 0 saturated carbocycles. The summed E-state index contributed by atoms with van der Waals surface area (Å²) in [4.78, 5) is 18.8. The van der Waals surface area contributed by atoms with Crippen LogP contribution in [0.25, 0.3) is 0 Å². The van der Waals surface area contributed by atoms with Crippen LogP contribution in [0.15, 0.2) is 24.5 Å². The average Bonchev–Trinajstić information content (AvgIpc) is 2.43. The number of nitro groups is 1. The molecule has 0 aliphatic carbocycles. The Morgan fingerprint density at radius 3 is 2.71 bits per heavy atom. The molecule has 0 spiro atoms. The summed E-state index contributed by atoms with van der Waals surface area (Å²) in [6.45, 7) is 6.11. The maximum Gasteiger partial charge on any atom is 0.272 e. The van der Waals surface area contributed by atoms with E-state index in [1.54, 1.807) is 26.1 Å². The minimum absolute atomic E-state index is 0.0762. The van der Waals surface area contributed by atoms with E-state index in [-0.39, 0.29) is 5.69 Å². The Morgan fingerprint density at radius 1 is 1.29 bits per heavy atom. The largest absolute Gasteiger partial charge is 0.437 e. The fourth-order valence-electron chi connectivity index (χ4n) is 1.86. The van der Waals surface area contributed by atoms with Crippen molar-refractivity contribution in [3.63, 3.8) is 0 Å². The number of anilines is 1. The third-order valence-corrected chi connectivity index (χ3v) is 2.88. The molecular weight excluding hydrogens is 272 g/mol. The van der Waals surface area contributed by atoms with Gasteiger partial charge < -0.3 is 10.1 Å². The maximum absolute atomic E-state index is 10.9. The van der Waals surface area contributed by atoms with Gasteiger partial charge >= 0.3 is 0 Å². The van der Waals surface area contributed by atoms with Crippen molar-refractivity contribution in [2.45, 2.75) is 20.8 Å². The van der Waals surface area contributed by atoms with Crippen molar-refractivity contribution in [2.75, 3.05) is 11.9 Å². The van der Waals surface area contributed by atoms with Crippen LogP contribution in [-0.2, 0) is 0 Å². The van der Waals surface area contributed by atoms with Crippen molar-refractivity contribution in [1.29, 1.82) is 0 Å². The van der Waals surface area contributed by atoms with Crippen molar-refractivity contribution < 1.29 is 9.66 Å². The number of hydrogen-bond donors (Lipinski definition) is 1. The molecule has 0 fully saturated rings. The first-order valence-electron chi connectivity index (χ1n) is 6.50. The van der Waals surface area contributed by atoms with Gasteiger partial charge in [-0.1, -0.05) is 0 Å². The van der Waals surface area contributed by atoms with Crippen LogP contribution in [-0.4, -0.2) is 21.4 Å². The Bertz CT molecular complexity index is 673. The van der Waals surface area contributed by atoms with Gasteiger partial charge in [-0.2, -0.15) is 4.98 Å². The topological polar surface area (TPSA) is 90.2 Å². The molecule has 110 valence electrons. The van der Waals surface area contributed by atoms with Gasteiger partial charge in [0.05, 0.1) is 17.3 Å². The van der Waals surface area contributed by atoms with Gasteiger partial charge in [-0.05, 0) is 32.4 Å². The molecule has 1 N–H and O–H groups in total. The summed E-state index contributed by atoms with van der Waals surface area (Å²) in [6.07, 6.45) is 3.10. The molecule has 0 aliphatic heterocycles. The van der Waals surface area contributed by atoms with Gasteiger partial charge in [0.2, 0.25) is 5.88 Å². The van der Waals surface area contributed by atoms with Crippen LogP contribution in [0.2, 0.25) is 0 Å². The van der Waals surface area contributed by atoms with Crippen LogP contribution in [0.1, 0.15) is 18.1 Å². The van der Waals surface area contributed by atoms with E-state index in [0.717, 1.165) is 6.54 Å². The standard InChI is InChI=1S/C14H16N4O3/c1-4-16-13-7-15-8-14(17-13)21-12-6-9(2)11(18(19)20)5-10(12)3/h5-8H,4H2,1-3H3,(H,16,17). The molecule has 0 bridgehead atoms. The summed E-state index contributed by atoms with van der Waals surface area (Å²) in [5, 5.41) is 13.9. The van der Waals surface area contributed by atoms with Crippen LogP contribution < -0.4 is 10.1 Å². The molecule has 2 aromatic rings. The average molecular weight is 288 g/mol. The van der Waals surface area contributed by atoms with Gasteiger partial charge in [-0.25, -0.2) is 0 Å². The summed E-state index contributed by atoms with van der Waals surface area (Å²) < 4.78 is 5.68. The number of hydrogen-bond acceptors (Lipinski definition) is 6. The van der Waals surface area contributed by atoms with Crippen molar-refractivity contribution in [2.24, 2.45) is 0 Å². The number of aryl methyl sites for hydroxylation is 2. The molecular formula is C14H16N4O3. The van der Waals surface area contributed by atoms with Crippen molar-refractivity contribution in [1.82, 2.24) is 9.97 Å². The highest BCUT2D eigenvalue weighted by molar-refractivity contribution is 5.50. The van der Waals surface area contributed by atoms with E-state index in [1.165, 1.54) is 12.3 Å². The van der Waals surface area contributed by atoms with E-state index in [0.29, 0.717) is 28.6 Å². The predicted octanol–water partition coefficient (Wildman–Crippen LogP) is 3.23. The molecule has 0 unspecified atom stereocenters. The van der Waals surface area contributed by atoms with Gasteiger partial charge in [-0.3, -0.25) is 15.1 Å². The summed E-state index contributed by atoms with van der Waals surface area (Å²) in [6, 6.07) is 3.13. The van der Waals surface area contributed by atoms with E-state index >= 15 is 0 Å². The highest BCUT2D eigenvalue weighted by Gasteiger charge is 2.15. The van der Waals surface area contributed by atoms with Crippen LogP contribution in [0.3, 0.4) is 0 Å². The number of nitro benzene ring substituents is 1. The number of ether oxygens (including phenoxy) is 1. The first-order valence-corrected chi connectivity index (χ1v) is 6.50. The van der Waals surface area contributed by atoms with Gasteiger partial charge in [-0.15, -0.1) is 0 Å². The Morgan fingerprint density at radius 2 is 2.05 bits per heavy atom. The molecule has 7 nitrogen and oxygen atoms in total. The number of nitrogens with one attached hydrogen (secondary N) is 1. The second kappa shape index (κ2) is 6.17. The number of aromatic nitrogens is 2. The summed E-state index contributed by atoms with van der Waals surface area (Å²) in [5.41, 5.74) is 1.28. The predicted molar refractivity (Wildman–Crippen MR) is 78.8 cm³/mol. The van der Waals surface area contributed by atoms with E-state index in [2.05, 4.69) is 15.3 Å². The molecule has 21 heavy (non-hydrogen) atoms. The lowest BCUT2D eigenvalue weighted by atomic mass is 10.1. The Hall–Kier alpha value is -2.70. The van der Waals surface area contributed by atoms with Gasteiger partial charge in [0.25, 0.3) is 5.69 Å². The second-order valence-electron chi connectivity index (χ2n) is 4.54. The van der Waals surface area contributed by atoms with E-state index in [9.17, 15) is 10.1 Å². The van der Waals surface area contributed by atoms with Crippen LogP contribution in [0.5, 0.6) is 11.6 Å². The zero-order valence-electron chi connectivity index (χ0n) is 12.1. The maximum atomic E-state index is 10.9. The zero-order chi connectivity index (χ0) is 15.4. The van der Waals surface area contributed by atoms with Crippen molar-refractivity contribution in [3.05, 3.63) is 45.8 Å². The number of rotatable bonds is 5. The second-order valence-corrected chi connectivity index (χ2v) is 4.54. The lowest BCUT2D eigenvalue weighted by molar-refractivity contribution is -0.385. The Balaban J connectivity index is 2.29. The van der Waals surface area contributed by atoms with Crippen LogP contribution >= 0.6 is 0 Å². The summed E-state index contributed by atoms with van der Waals surface area (Å²) >= 11 is 0. The van der Waals surface area contributed by atoms with Gasteiger partial charge in [0.15, 0.2) is 0 Å². The van der Waals surface area contributed by atoms with Crippen molar-refractivity contribution in [3.8, 4) is 11.6 Å². The van der Waals surface area contributed by atoms with Crippen molar-refractivity contribution >= 4 is 11.5 Å². The molecule has 0 amide bonds. The van der Waals surface area contributed by atoms with E-state index in [4.69, 9.17) is 4.74 Å². The van der Waals surface area contributed by atoms with E-state index < -0.39 is 4.92 Å². The first kappa shape index (κ1) is 14.7. The Kier molecular flexibility index (Phi) is 4.32. The number of nitrogens with zero attached hydrogens (tertiary/aromatic N) is 3. The summed E-state index contributed by atoms with van der Waals surface area (Å²) in [7, 11) is 0. The molecule has 0 aliphatic rings. The highest BCUT2D eigenvalue weighted by Crippen LogP contribution is 2.30. The fraction of sp³-hybridized carbons (Fsp3) is 0.286. The Labute approximate surface area is 122 Å². The first-order chi connectivity index (χ1) is 10.0. The van der Waals surface area contributed by atoms with Crippen LogP contribution in [0, 0.1) is 24.0 Å². The van der Waals surface area contributed by atoms with Gasteiger partial charge in [0, 0.05) is 18.2 Å². The molecule has 0 radical (unpaired) electrons. The number of benzene rings is 1. The third-order valence-electron chi connectivity index (χ3n) is 2.88. The molecule has 0 saturated heterocycles. The third kappa shape index (κ3) is 3.44. The van der Waals surface area contributed by atoms with Crippen LogP contribution in [0.4, 0.5) is 11.5 Å². The molecule has 1 heterocycles. The molecule has 0 atom stereocenters. The zero-order valence-corrected chi connectivity index (χ0v) is 12.1. The normalized spacial score (nSPS) is 10.2. The monoisotopic (exact) mass is 288 g/mol. The fourth-order valence-corrected chi connectivity index (χ4v) is 1.86. The quantitative estimate of drug-likeness (QED) is 0.671. The lowest BCUT2D eigenvalue weighted by Crippen LogP contribution is -2.01. The molecule has 1 aromatic heterocycles. The highest BCUT2D eigenvalue weighted by atomic mass is 16.6.